The molecule has 0 radical (unpaired) electrons. The molecule has 0 spiro atoms. The molecule has 0 fully saturated rings. The first-order valence-corrected chi connectivity index (χ1v) is 7.25. The van der Waals surface area contributed by atoms with Crippen LogP contribution in [-0.2, 0) is 0 Å². The Hall–Kier alpha value is -1.85. The zero-order valence-electron chi connectivity index (χ0n) is 12.3. The second kappa shape index (κ2) is 7.81. The lowest BCUT2D eigenvalue weighted by Crippen LogP contribution is -2.17. The average molecular weight is 306 g/mol. The highest BCUT2D eigenvalue weighted by atomic mass is 35.5. The maximum Gasteiger partial charge on any atom is 0.224 e. The van der Waals surface area contributed by atoms with Gasteiger partial charge in [-0.05, 0) is 51.3 Å². The lowest BCUT2D eigenvalue weighted by atomic mass is 10.3. The topological polar surface area (TPSA) is 53.1 Å². The normalized spacial score (nSPS) is 10.7. The van der Waals surface area contributed by atoms with Gasteiger partial charge in [0.1, 0.15) is 5.82 Å². The van der Waals surface area contributed by atoms with E-state index in [1.165, 1.54) is 0 Å². The summed E-state index contributed by atoms with van der Waals surface area (Å²) in [6.45, 7) is 1.88. The lowest BCUT2D eigenvalue weighted by molar-refractivity contribution is 0.405. The molecule has 5 nitrogen and oxygen atoms in total. The first kappa shape index (κ1) is 15.5. The first-order valence-electron chi connectivity index (χ1n) is 6.88. The first-order chi connectivity index (χ1) is 10.1. The zero-order chi connectivity index (χ0) is 15.1. The summed E-state index contributed by atoms with van der Waals surface area (Å²) < 4.78 is 0. The van der Waals surface area contributed by atoms with Crippen LogP contribution >= 0.6 is 11.6 Å². The number of rotatable bonds is 7. The van der Waals surface area contributed by atoms with E-state index in [0.717, 1.165) is 31.0 Å². The van der Waals surface area contributed by atoms with Gasteiger partial charge in [0.25, 0.3) is 0 Å². The third-order valence-corrected chi connectivity index (χ3v) is 3.05. The van der Waals surface area contributed by atoms with Gasteiger partial charge in [0, 0.05) is 23.5 Å². The van der Waals surface area contributed by atoms with E-state index in [9.17, 15) is 0 Å². The minimum absolute atomic E-state index is 0.626. The second-order valence-electron chi connectivity index (χ2n) is 4.98. The standard InChI is InChI=1S/C15H20ClN5/c1-21(2)10-4-8-17-15-18-9-7-14(20-15)19-13-6-3-5-12(16)11-13/h3,5-7,9,11H,4,8,10H2,1-2H3,(H2,17,18,19,20). The number of nitrogens with zero attached hydrogens (tertiary/aromatic N) is 3. The molecule has 2 N–H and O–H groups in total. The SMILES string of the molecule is CN(C)CCCNc1nccc(Nc2cccc(Cl)c2)n1. The van der Waals surface area contributed by atoms with Crippen LogP contribution in [-0.4, -0.2) is 42.1 Å². The van der Waals surface area contributed by atoms with Gasteiger partial charge in [0.15, 0.2) is 0 Å². The van der Waals surface area contributed by atoms with Crippen LogP contribution in [0.1, 0.15) is 6.42 Å². The number of benzene rings is 1. The minimum atomic E-state index is 0.626. The summed E-state index contributed by atoms with van der Waals surface area (Å²) in [6.07, 6.45) is 2.77. The van der Waals surface area contributed by atoms with E-state index in [1.807, 2.05) is 30.3 Å². The van der Waals surface area contributed by atoms with Gasteiger partial charge in [-0.25, -0.2) is 4.98 Å². The van der Waals surface area contributed by atoms with Gasteiger partial charge in [-0.2, -0.15) is 4.98 Å². The number of nitrogens with one attached hydrogen (secondary N) is 2. The maximum absolute atomic E-state index is 5.96. The number of hydrogen-bond donors (Lipinski definition) is 2. The Kier molecular flexibility index (Phi) is 5.78. The van der Waals surface area contributed by atoms with E-state index in [2.05, 4.69) is 39.6 Å². The summed E-state index contributed by atoms with van der Waals surface area (Å²) in [5, 5.41) is 7.12. The van der Waals surface area contributed by atoms with Gasteiger partial charge >= 0.3 is 0 Å². The Morgan fingerprint density at radius 2 is 2.10 bits per heavy atom. The summed E-state index contributed by atoms with van der Waals surface area (Å²) >= 11 is 5.96. The zero-order valence-corrected chi connectivity index (χ0v) is 13.1. The molecule has 0 aliphatic rings. The number of hydrogen-bond acceptors (Lipinski definition) is 5. The number of aromatic nitrogens is 2. The molecule has 0 bridgehead atoms. The van der Waals surface area contributed by atoms with Crippen LogP contribution in [0.4, 0.5) is 17.5 Å². The quantitative estimate of drug-likeness (QED) is 0.769. The molecule has 0 aliphatic carbocycles. The predicted octanol–water partition coefficient (Wildman–Crippen LogP) is 3.24. The van der Waals surface area contributed by atoms with Gasteiger partial charge in [-0.3, -0.25) is 0 Å². The summed E-state index contributed by atoms with van der Waals surface area (Å²) in [4.78, 5) is 10.8. The van der Waals surface area contributed by atoms with Crippen LogP contribution < -0.4 is 10.6 Å². The summed E-state index contributed by atoms with van der Waals surface area (Å²) in [5.41, 5.74) is 0.903. The third-order valence-electron chi connectivity index (χ3n) is 2.82. The van der Waals surface area contributed by atoms with Crippen LogP contribution in [0.5, 0.6) is 0 Å². The van der Waals surface area contributed by atoms with Gasteiger partial charge in [0.05, 0.1) is 0 Å². The molecule has 1 aromatic heterocycles. The van der Waals surface area contributed by atoms with Crippen LogP contribution in [0, 0.1) is 0 Å². The summed E-state index contributed by atoms with van der Waals surface area (Å²) in [6, 6.07) is 9.36. The molecule has 2 aromatic rings. The van der Waals surface area contributed by atoms with E-state index in [4.69, 9.17) is 11.6 Å². The van der Waals surface area contributed by atoms with Crippen molar-refractivity contribution >= 4 is 29.1 Å². The van der Waals surface area contributed by atoms with E-state index in [0.29, 0.717) is 11.0 Å². The Morgan fingerprint density at radius 3 is 2.86 bits per heavy atom. The van der Waals surface area contributed by atoms with Gasteiger partial charge < -0.3 is 15.5 Å². The Balaban J connectivity index is 1.91. The van der Waals surface area contributed by atoms with Crippen molar-refractivity contribution in [2.24, 2.45) is 0 Å². The second-order valence-corrected chi connectivity index (χ2v) is 5.42. The number of halogens is 1. The molecule has 1 aromatic carbocycles. The molecule has 0 saturated heterocycles. The molecule has 6 heteroatoms. The van der Waals surface area contributed by atoms with Crippen LogP contribution in [0.2, 0.25) is 5.02 Å². The van der Waals surface area contributed by atoms with Crippen molar-refractivity contribution in [1.82, 2.24) is 14.9 Å². The molecule has 112 valence electrons. The van der Waals surface area contributed by atoms with E-state index in [1.54, 1.807) is 6.20 Å². The molecular weight excluding hydrogens is 286 g/mol. The Morgan fingerprint density at radius 1 is 1.24 bits per heavy atom. The van der Waals surface area contributed by atoms with Crippen molar-refractivity contribution < 1.29 is 0 Å². The molecule has 0 unspecified atom stereocenters. The third kappa shape index (κ3) is 5.57. The molecular formula is C15H20ClN5. The Bertz CT molecular complexity index is 573. The van der Waals surface area contributed by atoms with Crippen molar-refractivity contribution in [2.75, 3.05) is 37.8 Å². The Labute approximate surface area is 130 Å². The van der Waals surface area contributed by atoms with Gasteiger partial charge in [0.2, 0.25) is 5.95 Å². The van der Waals surface area contributed by atoms with Crippen molar-refractivity contribution in [3.8, 4) is 0 Å². The lowest BCUT2D eigenvalue weighted by Gasteiger charge is -2.10. The van der Waals surface area contributed by atoms with Crippen molar-refractivity contribution in [2.45, 2.75) is 6.42 Å². The summed E-state index contributed by atoms with van der Waals surface area (Å²) in [7, 11) is 4.12. The fraction of sp³-hybridized carbons (Fsp3) is 0.333. The molecule has 1 heterocycles. The highest BCUT2D eigenvalue weighted by molar-refractivity contribution is 6.30. The van der Waals surface area contributed by atoms with E-state index >= 15 is 0 Å². The highest BCUT2D eigenvalue weighted by Crippen LogP contribution is 2.19. The molecule has 0 atom stereocenters. The maximum atomic E-state index is 5.96. The van der Waals surface area contributed by atoms with Crippen molar-refractivity contribution in [1.29, 1.82) is 0 Å². The minimum Gasteiger partial charge on any atom is -0.354 e. The van der Waals surface area contributed by atoms with Crippen molar-refractivity contribution in [3.63, 3.8) is 0 Å². The van der Waals surface area contributed by atoms with Gasteiger partial charge in [-0.1, -0.05) is 17.7 Å². The molecule has 2 rings (SSSR count). The smallest absolute Gasteiger partial charge is 0.224 e. The fourth-order valence-electron chi connectivity index (χ4n) is 1.82. The van der Waals surface area contributed by atoms with Crippen LogP contribution in [0.25, 0.3) is 0 Å². The van der Waals surface area contributed by atoms with Gasteiger partial charge in [-0.15, -0.1) is 0 Å². The summed E-state index contributed by atoms with van der Waals surface area (Å²) in [5.74, 6) is 1.36. The number of anilines is 3. The van der Waals surface area contributed by atoms with Crippen LogP contribution in [0.3, 0.4) is 0 Å². The van der Waals surface area contributed by atoms with E-state index < -0.39 is 0 Å². The van der Waals surface area contributed by atoms with Crippen LogP contribution in [0.15, 0.2) is 36.5 Å². The monoisotopic (exact) mass is 305 g/mol. The average Bonchev–Trinajstić information content (AvgIpc) is 2.44. The largest absolute Gasteiger partial charge is 0.354 e. The molecule has 0 saturated carbocycles. The molecule has 0 aliphatic heterocycles. The molecule has 21 heavy (non-hydrogen) atoms. The van der Waals surface area contributed by atoms with E-state index in [-0.39, 0.29) is 0 Å². The highest BCUT2D eigenvalue weighted by Gasteiger charge is 2.00. The fourth-order valence-corrected chi connectivity index (χ4v) is 2.01. The molecule has 0 amide bonds. The predicted molar refractivity (Wildman–Crippen MR) is 88.4 cm³/mol. The van der Waals surface area contributed by atoms with Crippen molar-refractivity contribution in [3.05, 3.63) is 41.6 Å².